The Labute approximate surface area is 201 Å². The number of aryl methyl sites for hydroxylation is 2. The van der Waals surface area contributed by atoms with Gasteiger partial charge in [-0.05, 0) is 73.7 Å². The van der Waals surface area contributed by atoms with E-state index in [1.54, 1.807) is 12.1 Å². The molecule has 5 nitrogen and oxygen atoms in total. The van der Waals surface area contributed by atoms with Crippen LogP contribution in [0.25, 0.3) is 11.5 Å². The number of nitrogens with zero attached hydrogens (tertiary/aromatic N) is 1. The first-order chi connectivity index (χ1) is 16.6. The van der Waals surface area contributed by atoms with Crippen LogP contribution in [0.3, 0.4) is 0 Å². The summed E-state index contributed by atoms with van der Waals surface area (Å²) in [6.45, 7) is 1.83. The maximum Gasteiger partial charge on any atom is 0.251 e. The van der Waals surface area contributed by atoms with Crippen LogP contribution in [-0.2, 0) is 23.0 Å². The number of carbonyl (C=O) groups excluding carboxylic acids is 1. The summed E-state index contributed by atoms with van der Waals surface area (Å²) in [6, 6.07) is 25.0. The van der Waals surface area contributed by atoms with Crippen LogP contribution in [0.4, 0.5) is 0 Å². The number of rotatable bonds is 6. The van der Waals surface area contributed by atoms with Crippen molar-refractivity contribution in [2.45, 2.75) is 42.9 Å². The molecule has 0 bridgehead atoms. The zero-order valence-corrected chi connectivity index (χ0v) is 19.8. The average molecular weight is 471 g/mol. The van der Waals surface area contributed by atoms with Gasteiger partial charge in [0.1, 0.15) is 5.76 Å². The van der Waals surface area contributed by atoms with Crippen molar-refractivity contribution < 1.29 is 13.4 Å². The molecular weight excluding hydrogens is 444 g/mol. The highest BCUT2D eigenvalue weighted by Crippen LogP contribution is 2.30. The highest BCUT2D eigenvalue weighted by Gasteiger charge is 2.22. The molecule has 0 saturated carbocycles. The van der Waals surface area contributed by atoms with Crippen molar-refractivity contribution in [3.8, 4) is 11.5 Å². The van der Waals surface area contributed by atoms with Crippen molar-refractivity contribution in [1.29, 1.82) is 0 Å². The van der Waals surface area contributed by atoms with Crippen LogP contribution in [0, 0.1) is 6.92 Å². The van der Waals surface area contributed by atoms with Gasteiger partial charge in [-0.1, -0.05) is 42.5 Å². The Balaban J connectivity index is 1.28. The zero-order valence-electron chi connectivity index (χ0n) is 19.0. The van der Waals surface area contributed by atoms with Gasteiger partial charge in [-0.2, -0.15) is 0 Å². The molecule has 3 aromatic carbocycles. The van der Waals surface area contributed by atoms with Gasteiger partial charge in [0.05, 0.1) is 28.3 Å². The summed E-state index contributed by atoms with van der Waals surface area (Å²) in [7, 11) is -1.19. The molecule has 2 unspecified atom stereocenters. The topological polar surface area (TPSA) is 72.2 Å². The van der Waals surface area contributed by atoms with E-state index in [1.807, 2.05) is 55.5 Å². The van der Waals surface area contributed by atoms with Gasteiger partial charge in [-0.15, -0.1) is 0 Å². The normalized spacial score (nSPS) is 16.0. The molecule has 1 aromatic heterocycles. The van der Waals surface area contributed by atoms with E-state index in [1.165, 1.54) is 11.1 Å². The molecule has 0 spiro atoms. The Morgan fingerprint density at radius 3 is 2.56 bits per heavy atom. The Kier molecular flexibility index (Phi) is 6.41. The van der Waals surface area contributed by atoms with Crippen LogP contribution < -0.4 is 5.32 Å². The van der Waals surface area contributed by atoms with Gasteiger partial charge < -0.3 is 9.73 Å². The molecule has 1 heterocycles. The Morgan fingerprint density at radius 2 is 1.76 bits per heavy atom. The van der Waals surface area contributed by atoms with E-state index in [0.29, 0.717) is 28.7 Å². The van der Waals surface area contributed by atoms with Crippen LogP contribution >= 0.6 is 0 Å². The molecule has 6 heteroatoms. The standard InChI is InChI=1S/C28H26N2O3S/c1-19-26(18-34(32)23-10-3-2-4-11-23)30-28(33-19)22-16-14-21(15-17-22)27(31)29-25-13-7-9-20-8-5-6-12-24(20)25/h2-6,8,10-12,14-17,25H,7,9,13,18H2,1H3,(H,29,31). The van der Waals surface area contributed by atoms with Crippen molar-refractivity contribution in [3.63, 3.8) is 0 Å². The Morgan fingerprint density at radius 1 is 1.03 bits per heavy atom. The molecule has 1 aliphatic rings. The smallest absolute Gasteiger partial charge is 0.251 e. The molecule has 0 radical (unpaired) electrons. The summed E-state index contributed by atoms with van der Waals surface area (Å²) >= 11 is 0. The lowest BCUT2D eigenvalue weighted by molar-refractivity contribution is 0.0932. The summed E-state index contributed by atoms with van der Waals surface area (Å²) in [5.41, 5.74) is 4.59. The van der Waals surface area contributed by atoms with Crippen LogP contribution in [0.1, 0.15) is 51.8 Å². The lowest BCUT2D eigenvalue weighted by Crippen LogP contribution is -2.30. The fourth-order valence-corrected chi connectivity index (χ4v) is 5.52. The lowest BCUT2D eigenvalue weighted by atomic mass is 9.87. The lowest BCUT2D eigenvalue weighted by Gasteiger charge is -2.26. The summed E-state index contributed by atoms with van der Waals surface area (Å²) in [4.78, 5) is 18.2. The third kappa shape index (κ3) is 4.73. The summed E-state index contributed by atoms with van der Waals surface area (Å²) < 4.78 is 18.5. The molecule has 1 amide bonds. The molecule has 5 rings (SSSR count). The van der Waals surface area contributed by atoms with Crippen molar-refractivity contribution in [3.05, 3.63) is 107 Å². The maximum atomic E-state index is 12.9. The van der Waals surface area contributed by atoms with Crippen LogP contribution in [0.5, 0.6) is 0 Å². The second-order valence-electron chi connectivity index (χ2n) is 8.52. The second kappa shape index (κ2) is 9.77. The van der Waals surface area contributed by atoms with Gasteiger partial charge >= 0.3 is 0 Å². The largest absolute Gasteiger partial charge is 0.441 e. The van der Waals surface area contributed by atoms with Gasteiger partial charge in [-0.25, -0.2) is 4.98 Å². The highest BCUT2D eigenvalue weighted by atomic mass is 32.2. The number of amides is 1. The van der Waals surface area contributed by atoms with Crippen LogP contribution in [0.15, 0.2) is 88.2 Å². The molecule has 2 atom stereocenters. The first-order valence-corrected chi connectivity index (χ1v) is 12.8. The van der Waals surface area contributed by atoms with Gasteiger partial charge in [-0.3, -0.25) is 9.00 Å². The first kappa shape index (κ1) is 22.3. The zero-order chi connectivity index (χ0) is 23.5. The van der Waals surface area contributed by atoms with Crippen molar-refractivity contribution in [2.24, 2.45) is 0 Å². The van der Waals surface area contributed by atoms with Gasteiger partial charge in [0.2, 0.25) is 5.89 Å². The maximum absolute atomic E-state index is 12.9. The minimum absolute atomic E-state index is 0.0413. The minimum atomic E-state index is -1.19. The Bertz CT molecular complexity index is 1330. The second-order valence-corrected chi connectivity index (χ2v) is 9.97. The fourth-order valence-electron chi connectivity index (χ4n) is 4.37. The van der Waals surface area contributed by atoms with E-state index in [0.717, 1.165) is 29.7 Å². The van der Waals surface area contributed by atoms with Gasteiger partial charge in [0.25, 0.3) is 5.91 Å². The van der Waals surface area contributed by atoms with Gasteiger partial charge in [0, 0.05) is 16.0 Å². The van der Waals surface area contributed by atoms with Crippen molar-refractivity contribution in [1.82, 2.24) is 10.3 Å². The van der Waals surface area contributed by atoms with E-state index >= 15 is 0 Å². The number of benzene rings is 3. The molecule has 172 valence electrons. The number of nitrogens with one attached hydrogen (secondary N) is 1. The number of aromatic nitrogens is 1. The molecule has 4 aromatic rings. The van der Waals surface area contributed by atoms with Gasteiger partial charge in [0.15, 0.2) is 0 Å². The van der Waals surface area contributed by atoms with E-state index < -0.39 is 10.8 Å². The minimum Gasteiger partial charge on any atom is -0.441 e. The van der Waals surface area contributed by atoms with E-state index in [2.05, 4.69) is 28.5 Å². The number of oxazole rings is 1. The highest BCUT2D eigenvalue weighted by molar-refractivity contribution is 7.84. The molecule has 1 aliphatic carbocycles. The Hall–Kier alpha value is -3.51. The van der Waals surface area contributed by atoms with Crippen LogP contribution in [0.2, 0.25) is 0 Å². The monoisotopic (exact) mass is 470 g/mol. The third-order valence-electron chi connectivity index (χ3n) is 6.24. The third-order valence-corrected chi connectivity index (χ3v) is 7.57. The number of hydrogen-bond donors (Lipinski definition) is 1. The van der Waals surface area contributed by atoms with E-state index in [-0.39, 0.29) is 11.9 Å². The fraction of sp³-hybridized carbons (Fsp3) is 0.214. The predicted octanol–water partition coefficient (Wildman–Crippen LogP) is 5.77. The number of hydrogen-bond acceptors (Lipinski definition) is 4. The SMILES string of the molecule is Cc1oc(-c2ccc(C(=O)NC3CCCc4ccccc43)cc2)nc1CS(=O)c1ccccc1. The van der Waals surface area contributed by atoms with Crippen LogP contribution in [-0.4, -0.2) is 15.1 Å². The summed E-state index contributed by atoms with van der Waals surface area (Å²) in [5.74, 6) is 1.32. The molecule has 34 heavy (non-hydrogen) atoms. The summed E-state index contributed by atoms with van der Waals surface area (Å²) in [5, 5.41) is 3.19. The van der Waals surface area contributed by atoms with E-state index in [9.17, 15) is 9.00 Å². The summed E-state index contributed by atoms with van der Waals surface area (Å²) in [6.07, 6.45) is 3.08. The van der Waals surface area contributed by atoms with E-state index in [4.69, 9.17) is 4.42 Å². The molecule has 0 fully saturated rings. The number of carbonyl (C=O) groups is 1. The molecule has 1 N–H and O–H groups in total. The first-order valence-electron chi connectivity index (χ1n) is 11.5. The average Bonchev–Trinajstić information content (AvgIpc) is 3.24. The molecule has 0 aliphatic heterocycles. The predicted molar refractivity (Wildman–Crippen MR) is 133 cm³/mol. The number of fused-ring (bicyclic) bond motifs is 1. The van der Waals surface area contributed by atoms with Crippen molar-refractivity contribution >= 4 is 16.7 Å². The molecular formula is C28H26N2O3S. The van der Waals surface area contributed by atoms with Crippen molar-refractivity contribution in [2.75, 3.05) is 0 Å². The quantitative estimate of drug-likeness (QED) is 0.389. The molecule has 0 saturated heterocycles.